The Morgan fingerprint density at radius 3 is 2.68 bits per heavy atom. The third-order valence-electron chi connectivity index (χ3n) is 4.30. The predicted molar refractivity (Wildman–Crippen MR) is 80.6 cm³/mol. The minimum absolute atomic E-state index is 0.197. The third-order valence-corrected chi connectivity index (χ3v) is 4.30. The van der Waals surface area contributed by atoms with Crippen LogP contribution < -0.4 is 4.90 Å². The highest BCUT2D eigenvalue weighted by atomic mass is 15.2. The van der Waals surface area contributed by atoms with E-state index in [-0.39, 0.29) is 5.54 Å². The molecule has 0 N–H and O–H groups in total. The first-order valence-corrected chi connectivity index (χ1v) is 7.23. The molecular formula is C17H24N2. The average Bonchev–Trinajstić information content (AvgIpc) is 2.33. The Bertz CT molecular complexity index is 523. The second kappa shape index (κ2) is 4.89. The number of rotatable bonds is 2. The lowest BCUT2D eigenvalue weighted by atomic mass is 9.79. The molecule has 0 aliphatic carbocycles. The van der Waals surface area contributed by atoms with Crippen molar-refractivity contribution in [3.05, 3.63) is 28.8 Å². The van der Waals surface area contributed by atoms with Crippen molar-refractivity contribution in [2.75, 3.05) is 11.4 Å². The van der Waals surface area contributed by atoms with Crippen molar-refractivity contribution >= 4 is 5.69 Å². The van der Waals surface area contributed by atoms with Crippen LogP contribution in [0, 0.1) is 18.3 Å². The normalized spacial score (nSPS) is 20.8. The van der Waals surface area contributed by atoms with Gasteiger partial charge in [-0.25, -0.2) is 0 Å². The monoisotopic (exact) mass is 256 g/mol. The van der Waals surface area contributed by atoms with E-state index in [0.29, 0.717) is 5.92 Å². The first-order valence-electron chi connectivity index (χ1n) is 7.23. The summed E-state index contributed by atoms with van der Waals surface area (Å²) in [6, 6.07) is 6.63. The van der Waals surface area contributed by atoms with Crippen LogP contribution in [0.4, 0.5) is 5.69 Å². The molecule has 1 aromatic carbocycles. The van der Waals surface area contributed by atoms with Gasteiger partial charge in [-0.15, -0.1) is 0 Å². The highest BCUT2D eigenvalue weighted by Crippen LogP contribution is 2.44. The van der Waals surface area contributed by atoms with Gasteiger partial charge in [0.1, 0.15) is 0 Å². The van der Waals surface area contributed by atoms with Gasteiger partial charge in [0.2, 0.25) is 0 Å². The first kappa shape index (κ1) is 13.9. The fourth-order valence-electron chi connectivity index (χ4n) is 3.40. The molecule has 2 nitrogen and oxygen atoms in total. The number of benzene rings is 1. The van der Waals surface area contributed by atoms with Crippen molar-refractivity contribution < 1.29 is 0 Å². The number of nitriles is 1. The summed E-state index contributed by atoms with van der Waals surface area (Å²) in [7, 11) is 0. The Morgan fingerprint density at radius 2 is 2.11 bits per heavy atom. The lowest BCUT2D eigenvalue weighted by Crippen LogP contribution is -2.48. The standard InChI is InChI=1S/C17H24N2/c1-6-7-19-16-8-12(2)14(11-18)9-15(16)13(3)10-17(19,4)5/h8-9,13H,6-7,10H2,1-5H3. The SMILES string of the molecule is CCCN1c2cc(C)c(C#N)cc2C(C)CC1(C)C. The Labute approximate surface area is 117 Å². The fraction of sp³-hybridized carbons (Fsp3) is 0.588. The van der Waals surface area contributed by atoms with Gasteiger partial charge in [0.15, 0.2) is 0 Å². The van der Waals surface area contributed by atoms with Gasteiger partial charge in [0, 0.05) is 17.8 Å². The van der Waals surface area contributed by atoms with Gasteiger partial charge in [-0.1, -0.05) is 13.8 Å². The molecule has 1 aliphatic heterocycles. The van der Waals surface area contributed by atoms with Gasteiger partial charge in [-0.05, 0) is 62.8 Å². The zero-order valence-corrected chi connectivity index (χ0v) is 12.7. The summed E-state index contributed by atoms with van der Waals surface area (Å²) in [5, 5.41) is 9.21. The summed E-state index contributed by atoms with van der Waals surface area (Å²) in [5.74, 6) is 0.519. The average molecular weight is 256 g/mol. The maximum absolute atomic E-state index is 9.21. The quantitative estimate of drug-likeness (QED) is 0.785. The zero-order chi connectivity index (χ0) is 14.2. The minimum Gasteiger partial charge on any atom is -0.366 e. The molecule has 0 amide bonds. The van der Waals surface area contributed by atoms with Gasteiger partial charge >= 0.3 is 0 Å². The van der Waals surface area contributed by atoms with Crippen molar-refractivity contribution in [1.82, 2.24) is 0 Å². The molecule has 0 spiro atoms. The first-order chi connectivity index (χ1) is 8.90. The summed E-state index contributed by atoms with van der Waals surface area (Å²) >= 11 is 0. The highest BCUT2D eigenvalue weighted by Gasteiger charge is 2.36. The molecule has 0 saturated carbocycles. The van der Waals surface area contributed by atoms with Crippen molar-refractivity contribution in [3.63, 3.8) is 0 Å². The molecule has 0 fully saturated rings. The van der Waals surface area contributed by atoms with Crippen molar-refractivity contribution in [3.8, 4) is 6.07 Å². The molecule has 0 bridgehead atoms. The molecule has 102 valence electrons. The molecule has 1 aliphatic rings. The van der Waals surface area contributed by atoms with Crippen LogP contribution in [-0.4, -0.2) is 12.1 Å². The molecule has 19 heavy (non-hydrogen) atoms. The van der Waals surface area contributed by atoms with Crippen molar-refractivity contribution in [2.24, 2.45) is 0 Å². The number of fused-ring (bicyclic) bond motifs is 1. The second-order valence-electron chi connectivity index (χ2n) is 6.41. The molecule has 0 radical (unpaired) electrons. The van der Waals surface area contributed by atoms with Crippen LogP contribution in [0.15, 0.2) is 12.1 Å². The summed E-state index contributed by atoms with van der Waals surface area (Å²) in [5.41, 5.74) is 4.79. The molecule has 1 unspecified atom stereocenters. The number of nitrogens with zero attached hydrogens (tertiary/aromatic N) is 2. The van der Waals surface area contributed by atoms with Gasteiger partial charge in [0.25, 0.3) is 0 Å². The van der Waals surface area contributed by atoms with Crippen LogP contribution in [0.25, 0.3) is 0 Å². The molecule has 0 aromatic heterocycles. The van der Waals surface area contributed by atoms with E-state index in [2.05, 4.69) is 50.8 Å². The summed E-state index contributed by atoms with van der Waals surface area (Å²) < 4.78 is 0. The van der Waals surface area contributed by atoms with Crippen LogP contribution in [0.2, 0.25) is 0 Å². The predicted octanol–water partition coefficient (Wildman–Crippen LogP) is 4.37. The lowest BCUT2D eigenvalue weighted by Gasteiger charge is -2.47. The van der Waals surface area contributed by atoms with Crippen LogP contribution in [0.5, 0.6) is 0 Å². The molecule has 2 rings (SSSR count). The number of hydrogen-bond donors (Lipinski definition) is 0. The summed E-state index contributed by atoms with van der Waals surface area (Å²) in [4.78, 5) is 2.52. The molecule has 0 saturated heterocycles. The van der Waals surface area contributed by atoms with E-state index < -0.39 is 0 Å². The maximum Gasteiger partial charge on any atom is 0.0994 e. The third kappa shape index (κ3) is 2.34. The van der Waals surface area contributed by atoms with Gasteiger partial charge < -0.3 is 4.90 Å². The Morgan fingerprint density at radius 1 is 1.42 bits per heavy atom. The van der Waals surface area contributed by atoms with E-state index >= 15 is 0 Å². The van der Waals surface area contributed by atoms with Crippen LogP contribution in [0.3, 0.4) is 0 Å². The number of anilines is 1. The fourth-order valence-corrected chi connectivity index (χ4v) is 3.40. The smallest absolute Gasteiger partial charge is 0.0994 e. The summed E-state index contributed by atoms with van der Waals surface area (Å²) in [6.45, 7) is 12.3. The zero-order valence-electron chi connectivity index (χ0n) is 12.7. The molecule has 1 aromatic rings. The van der Waals surface area contributed by atoms with E-state index in [1.807, 2.05) is 6.92 Å². The minimum atomic E-state index is 0.197. The van der Waals surface area contributed by atoms with E-state index in [9.17, 15) is 5.26 Å². The maximum atomic E-state index is 9.21. The van der Waals surface area contributed by atoms with Crippen LogP contribution in [-0.2, 0) is 0 Å². The second-order valence-corrected chi connectivity index (χ2v) is 6.41. The Hall–Kier alpha value is -1.49. The van der Waals surface area contributed by atoms with Crippen LogP contribution in [0.1, 0.15) is 63.1 Å². The Kier molecular flexibility index (Phi) is 3.58. The number of hydrogen-bond acceptors (Lipinski definition) is 2. The van der Waals surface area contributed by atoms with Gasteiger partial charge in [-0.3, -0.25) is 0 Å². The molecular weight excluding hydrogens is 232 g/mol. The molecule has 1 heterocycles. The largest absolute Gasteiger partial charge is 0.366 e. The van der Waals surface area contributed by atoms with Gasteiger partial charge in [-0.2, -0.15) is 5.26 Å². The number of aryl methyl sites for hydroxylation is 1. The Balaban J connectivity index is 2.59. The van der Waals surface area contributed by atoms with E-state index in [4.69, 9.17) is 0 Å². The van der Waals surface area contributed by atoms with Crippen molar-refractivity contribution in [2.45, 2.75) is 58.9 Å². The van der Waals surface area contributed by atoms with Crippen LogP contribution >= 0.6 is 0 Å². The van der Waals surface area contributed by atoms with E-state index in [1.165, 1.54) is 11.3 Å². The van der Waals surface area contributed by atoms with Crippen molar-refractivity contribution in [1.29, 1.82) is 5.26 Å². The molecule has 1 atom stereocenters. The molecule has 2 heteroatoms. The van der Waals surface area contributed by atoms with E-state index in [0.717, 1.165) is 30.5 Å². The lowest BCUT2D eigenvalue weighted by molar-refractivity contribution is 0.376. The van der Waals surface area contributed by atoms with Gasteiger partial charge in [0.05, 0.1) is 11.6 Å². The topological polar surface area (TPSA) is 27.0 Å². The summed E-state index contributed by atoms with van der Waals surface area (Å²) in [6.07, 6.45) is 2.30. The van der Waals surface area contributed by atoms with E-state index in [1.54, 1.807) is 0 Å². The highest BCUT2D eigenvalue weighted by molar-refractivity contribution is 5.64.